The maximum absolute atomic E-state index is 12.6. The smallest absolute Gasteiger partial charge is 0.322 e. The second-order valence-corrected chi connectivity index (χ2v) is 10.0. The van der Waals surface area contributed by atoms with Gasteiger partial charge in [-0.1, -0.05) is 19.4 Å². The molecule has 0 N–H and O–H groups in total. The molecular weight excluding hydrogens is 456 g/mol. The fourth-order valence-electron chi connectivity index (χ4n) is 3.38. The van der Waals surface area contributed by atoms with Crippen LogP contribution in [-0.2, 0) is 22.6 Å². The third-order valence-corrected chi connectivity index (χ3v) is 6.75. The Kier molecular flexibility index (Phi) is 7.68. The summed E-state index contributed by atoms with van der Waals surface area (Å²) in [5, 5.41) is 9.49. The number of hydrogen-bond donors (Lipinski definition) is 0. The van der Waals surface area contributed by atoms with Crippen molar-refractivity contribution in [3.63, 3.8) is 0 Å². The van der Waals surface area contributed by atoms with Gasteiger partial charge < -0.3 is 14.0 Å². The van der Waals surface area contributed by atoms with Gasteiger partial charge in [-0.05, 0) is 37.6 Å². The molecule has 0 fully saturated rings. The van der Waals surface area contributed by atoms with E-state index < -0.39 is 9.84 Å². The van der Waals surface area contributed by atoms with Gasteiger partial charge in [-0.25, -0.2) is 8.42 Å². The average molecular weight is 483 g/mol. The minimum atomic E-state index is -3.41. The average Bonchev–Trinajstić information content (AvgIpc) is 2.80. The molecule has 2 heterocycles. The number of para-hydroxylation sites is 1. The number of unbranched alkanes of at least 4 members (excludes halogenated alkanes) is 1. The van der Waals surface area contributed by atoms with Crippen molar-refractivity contribution in [2.24, 2.45) is 7.05 Å². The molecule has 34 heavy (non-hydrogen) atoms. The summed E-state index contributed by atoms with van der Waals surface area (Å²) in [5.74, 6) is 0.188. The molecule has 0 amide bonds. The van der Waals surface area contributed by atoms with Gasteiger partial charge in [-0.15, -0.1) is 0 Å². The molecular formula is C24H26N4O5S. The Morgan fingerprint density at radius 1 is 1.21 bits per heavy atom. The first kappa shape index (κ1) is 24.9. The van der Waals surface area contributed by atoms with Gasteiger partial charge in [-0.3, -0.25) is 4.79 Å². The molecule has 3 aromatic rings. The lowest BCUT2D eigenvalue weighted by atomic mass is 10.1. The molecule has 0 unspecified atom stereocenters. The van der Waals surface area contributed by atoms with E-state index in [4.69, 9.17) is 9.47 Å². The zero-order chi connectivity index (χ0) is 24.9. The lowest BCUT2D eigenvalue weighted by Gasteiger charge is -2.13. The zero-order valence-electron chi connectivity index (χ0n) is 19.5. The molecule has 0 bridgehead atoms. The summed E-state index contributed by atoms with van der Waals surface area (Å²) in [6, 6.07) is 10.0. The highest BCUT2D eigenvalue weighted by atomic mass is 32.2. The van der Waals surface area contributed by atoms with Gasteiger partial charge in [-0.2, -0.15) is 15.2 Å². The molecule has 10 heteroatoms. The van der Waals surface area contributed by atoms with Crippen LogP contribution in [0.4, 0.5) is 0 Å². The van der Waals surface area contributed by atoms with E-state index in [1.807, 2.05) is 13.0 Å². The van der Waals surface area contributed by atoms with E-state index in [-0.39, 0.29) is 40.1 Å². The first-order valence-electron chi connectivity index (χ1n) is 10.7. The van der Waals surface area contributed by atoms with E-state index in [1.54, 1.807) is 50.5 Å². The minimum absolute atomic E-state index is 0.0447. The maximum atomic E-state index is 12.6. The van der Waals surface area contributed by atoms with Gasteiger partial charge in [0.05, 0.1) is 35.6 Å². The SMILES string of the molecule is CCCCS(=O)(=O)Cc1cc(-c2cc(C)c(=O)n(C)c2)nc(Oc2c(C#N)cccc2OC)n1. The monoisotopic (exact) mass is 482 g/mol. The maximum Gasteiger partial charge on any atom is 0.322 e. The summed E-state index contributed by atoms with van der Waals surface area (Å²) in [7, 11) is -0.341. The predicted octanol–water partition coefficient (Wildman–Crippen LogP) is 3.54. The van der Waals surface area contributed by atoms with Gasteiger partial charge in [0.25, 0.3) is 5.56 Å². The van der Waals surface area contributed by atoms with Crippen molar-refractivity contribution in [1.29, 1.82) is 5.26 Å². The van der Waals surface area contributed by atoms with E-state index in [0.717, 1.165) is 6.42 Å². The van der Waals surface area contributed by atoms with Crippen LogP contribution >= 0.6 is 0 Å². The number of methoxy groups -OCH3 is 1. The lowest BCUT2D eigenvalue weighted by Crippen LogP contribution is -2.18. The molecule has 2 aromatic heterocycles. The quantitative estimate of drug-likeness (QED) is 0.454. The summed E-state index contributed by atoms with van der Waals surface area (Å²) >= 11 is 0. The third kappa shape index (κ3) is 5.80. The number of sulfone groups is 1. The molecule has 0 radical (unpaired) electrons. The van der Waals surface area contributed by atoms with Crippen molar-refractivity contribution in [2.75, 3.05) is 12.9 Å². The summed E-state index contributed by atoms with van der Waals surface area (Å²) in [4.78, 5) is 20.9. The molecule has 9 nitrogen and oxygen atoms in total. The Morgan fingerprint density at radius 2 is 1.97 bits per heavy atom. The lowest BCUT2D eigenvalue weighted by molar-refractivity contribution is 0.367. The number of nitrogens with zero attached hydrogens (tertiary/aromatic N) is 4. The van der Waals surface area contributed by atoms with Crippen molar-refractivity contribution < 1.29 is 17.9 Å². The van der Waals surface area contributed by atoms with Gasteiger partial charge in [0.1, 0.15) is 6.07 Å². The Morgan fingerprint density at radius 3 is 2.62 bits per heavy atom. The van der Waals surface area contributed by atoms with Crippen LogP contribution < -0.4 is 15.0 Å². The van der Waals surface area contributed by atoms with Crippen molar-refractivity contribution in [3.8, 4) is 34.8 Å². The van der Waals surface area contributed by atoms with E-state index in [9.17, 15) is 18.5 Å². The van der Waals surface area contributed by atoms with Crippen molar-refractivity contribution >= 4 is 9.84 Å². The predicted molar refractivity (Wildman–Crippen MR) is 128 cm³/mol. The second kappa shape index (κ2) is 10.5. The normalized spacial score (nSPS) is 11.1. The number of aromatic nitrogens is 3. The number of rotatable bonds is 9. The van der Waals surface area contributed by atoms with Crippen LogP contribution in [0.25, 0.3) is 11.3 Å². The summed E-state index contributed by atoms with van der Waals surface area (Å²) < 4.78 is 37.9. The molecule has 0 saturated carbocycles. The summed E-state index contributed by atoms with van der Waals surface area (Å²) in [6.45, 7) is 3.61. The van der Waals surface area contributed by atoms with Gasteiger partial charge >= 0.3 is 6.01 Å². The first-order valence-corrected chi connectivity index (χ1v) is 12.5. The van der Waals surface area contributed by atoms with Gasteiger partial charge in [0, 0.05) is 24.4 Å². The Labute approximate surface area is 198 Å². The van der Waals surface area contributed by atoms with E-state index in [0.29, 0.717) is 29.0 Å². The second-order valence-electron chi connectivity index (χ2n) is 7.85. The number of aryl methyl sites for hydroxylation is 2. The fourth-order valence-corrected chi connectivity index (χ4v) is 4.85. The van der Waals surface area contributed by atoms with Crippen molar-refractivity contribution in [1.82, 2.24) is 14.5 Å². The standard InChI is InChI=1S/C24H26N4O5S/c1-5-6-10-34(30,31)15-19-12-20(18-11-16(2)23(29)28(3)14-18)27-24(26-19)33-22-17(13-25)8-7-9-21(22)32-4/h7-9,11-12,14H,5-6,10,15H2,1-4H3. The number of ether oxygens (including phenoxy) is 2. The molecule has 0 atom stereocenters. The highest BCUT2D eigenvalue weighted by molar-refractivity contribution is 7.90. The third-order valence-electron chi connectivity index (χ3n) is 5.11. The highest BCUT2D eigenvalue weighted by Gasteiger charge is 2.19. The molecule has 0 spiro atoms. The van der Waals surface area contributed by atoms with Crippen molar-refractivity contribution in [2.45, 2.75) is 32.4 Å². The fraction of sp³-hybridized carbons (Fsp3) is 0.333. The Balaban J connectivity index is 2.14. The molecule has 1 aromatic carbocycles. The van der Waals surface area contributed by atoms with Crippen LogP contribution in [0, 0.1) is 18.3 Å². The number of hydrogen-bond acceptors (Lipinski definition) is 8. The molecule has 0 saturated heterocycles. The molecule has 3 rings (SSSR count). The number of benzene rings is 1. The first-order chi connectivity index (χ1) is 16.2. The molecule has 0 aliphatic carbocycles. The highest BCUT2D eigenvalue weighted by Crippen LogP contribution is 2.34. The largest absolute Gasteiger partial charge is 0.493 e. The van der Waals surface area contributed by atoms with Crippen LogP contribution in [0.2, 0.25) is 0 Å². The molecule has 178 valence electrons. The van der Waals surface area contributed by atoms with Crippen LogP contribution in [-0.4, -0.2) is 35.8 Å². The van der Waals surface area contributed by atoms with Crippen molar-refractivity contribution in [3.05, 3.63) is 63.7 Å². The summed E-state index contributed by atoms with van der Waals surface area (Å²) in [5.41, 5.74) is 1.80. The number of nitriles is 1. The van der Waals surface area contributed by atoms with Gasteiger partial charge in [0.15, 0.2) is 21.3 Å². The molecule has 0 aliphatic rings. The topological polar surface area (TPSA) is 124 Å². The van der Waals surface area contributed by atoms with Gasteiger partial charge in [0.2, 0.25) is 0 Å². The zero-order valence-corrected chi connectivity index (χ0v) is 20.3. The van der Waals surface area contributed by atoms with Crippen LogP contribution in [0.1, 0.15) is 36.6 Å². The van der Waals surface area contributed by atoms with E-state index >= 15 is 0 Å². The van der Waals surface area contributed by atoms with Crippen LogP contribution in [0.5, 0.6) is 17.5 Å². The summed E-state index contributed by atoms with van der Waals surface area (Å²) in [6.07, 6.45) is 2.92. The van der Waals surface area contributed by atoms with Crippen LogP contribution in [0.15, 0.2) is 41.3 Å². The van der Waals surface area contributed by atoms with E-state index in [2.05, 4.69) is 9.97 Å². The Hall–Kier alpha value is -3.71. The Bertz CT molecular complexity index is 1380. The van der Waals surface area contributed by atoms with E-state index in [1.165, 1.54) is 11.7 Å². The minimum Gasteiger partial charge on any atom is -0.493 e. The number of pyridine rings is 1. The van der Waals surface area contributed by atoms with Crippen LogP contribution in [0.3, 0.4) is 0 Å². The molecule has 0 aliphatic heterocycles.